The highest BCUT2D eigenvalue weighted by atomic mass is 32.1. The van der Waals surface area contributed by atoms with Crippen molar-refractivity contribution in [3.05, 3.63) is 38.8 Å². The number of amides is 1. The van der Waals surface area contributed by atoms with Crippen molar-refractivity contribution in [2.75, 3.05) is 6.54 Å². The molecule has 0 spiro atoms. The Morgan fingerprint density at radius 1 is 1.39 bits per heavy atom. The number of carbonyl (C=O) groups excluding carboxylic acids is 2. The molecule has 0 saturated carbocycles. The first kappa shape index (κ1) is 20.3. The second-order valence-corrected chi connectivity index (χ2v) is 8.09. The number of hydrogen-bond acceptors (Lipinski definition) is 6. The predicted octanol–water partition coefficient (Wildman–Crippen LogP) is 2.86. The Labute approximate surface area is 167 Å². The van der Waals surface area contributed by atoms with Crippen molar-refractivity contribution >= 4 is 33.4 Å². The van der Waals surface area contributed by atoms with Crippen LogP contribution in [0, 0.1) is 6.92 Å². The lowest BCUT2D eigenvalue weighted by atomic mass is 9.97. The van der Waals surface area contributed by atoms with Crippen molar-refractivity contribution in [2.24, 2.45) is 7.05 Å². The SMILES string of the molecule is Cc1c(C(=O)OC(C)C(=O)NCCC2=CCCCC2)sc2ncn(C)c(=O)c12. The lowest BCUT2D eigenvalue weighted by molar-refractivity contribution is -0.129. The van der Waals surface area contributed by atoms with E-state index in [0.717, 1.165) is 30.6 Å². The van der Waals surface area contributed by atoms with Gasteiger partial charge in [-0.15, -0.1) is 11.3 Å². The van der Waals surface area contributed by atoms with Crippen molar-refractivity contribution in [2.45, 2.75) is 52.1 Å². The van der Waals surface area contributed by atoms with Crippen LogP contribution in [-0.4, -0.2) is 34.1 Å². The van der Waals surface area contributed by atoms with Crippen LogP contribution in [0.15, 0.2) is 22.8 Å². The highest BCUT2D eigenvalue weighted by Crippen LogP contribution is 2.27. The molecule has 28 heavy (non-hydrogen) atoms. The normalized spacial score (nSPS) is 15.2. The van der Waals surface area contributed by atoms with E-state index in [1.807, 2.05) is 0 Å². The van der Waals surface area contributed by atoms with Gasteiger partial charge < -0.3 is 14.6 Å². The average molecular weight is 404 g/mol. The molecule has 1 unspecified atom stereocenters. The van der Waals surface area contributed by atoms with Crippen molar-refractivity contribution in [3.8, 4) is 0 Å². The fourth-order valence-corrected chi connectivity index (χ4v) is 4.32. The summed E-state index contributed by atoms with van der Waals surface area (Å²) < 4.78 is 6.70. The molecular formula is C20H25N3O4S. The van der Waals surface area contributed by atoms with Gasteiger partial charge in [-0.05, 0) is 51.5 Å². The minimum Gasteiger partial charge on any atom is -0.448 e. The molecule has 2 aromatic heterocycles. The molecule has 2 heterocycles. The topological polar surface area (TPSA) is 90.3 Å². The van der Waals surface area contributed by atoms with Gasteiger partial charge in [0.25, 0.3) is 11.5 Å². The molecule has 0 radical (unpaired) electrons. The number of nitrogens with one attached hydrogen (secondary N) is 1. The largest absolute Gasteiger partial charge is 0.448 e. The molecule has 0 aromatic carbocycles. The Bertz CT molecular complexity index is 989. The summed E-state index contributed by atoms with van der Waals surface area (Å²) in [4.78, 5) is 42.0. The van der Waals surface area contributed by atoms with Crippen molar-refractivity contribution in [1.82, 2.24) is 14.9 Å². The number of fused-ring (bicyclic) bond motifs is 1. The first-order valence-electron chi connectivity index (χ1n) is 9.49. The second-order valence-electron chi connectivity index (χ2n) is 7.09. The van der Waals surface area contributed by atoms with Gasteiger partial charge in [-0.1, -0.05) is 11.6 Å². The molecule has 7 nitrogen and oxygen atoms in total. The van der Waals surface area contributed by atoms with E-state index in [0.29, 0.717) is 27.2 Å². The molecule has 150 valence electrons. The monoisotopic (exact) mass is 403 g/mol. The quantitative estimate of drug-likeness (QED) is 0.592. The fraction of sp³-hybridized carbons (Fsp3) is 0.500. The van der Waals surface area contributed by atoms with Gasteiger partial charge in [0.05, 0.1) is 11.7 Å². The number of aromatic nitrogens is 2. The zero-order chi connectivity index (χ0) is 20.3. The maximum Gasteiger partial charge on any atom is 0.349 e. The van der Waals surface area contributed by atoms with Crippen LogP contribution in [-0.2, 0) is 16.6 Å². The average Bonchev–Trinajstić information content (AvgIpc) is 3.02. The van der Waals surface area contributed by atoms with Gasteiger partial charge in [-0.25, -0.2) is 9.78 Å². The summed E-state index contributed by atoms with van der Waals surface area (Å²) in [6.07, 6.45) is 8.25. The van der Waals surface area contributed by atoms with Crippen LogP contribution in [0.3, 0.4) is 0 Å². The Morgan fingerprint density at radius 3 is 2.89 bits per heavy atom. The van der Waals surface area contributed by atoms with E-state index in [1.54, 1.807) is 20.9 Å². The number of esters is 1. The van der Waals surface area contributed by atoms with E-state index in [4.69, 9.17) is 4.74 Å². The van der Waals surface area contributed by atoms with E-state index in [-0.39, 0.29) is 11.5 Å². The van der Waals surface area contributed by atoms with Crippen molar-refractivity contribution < 1.29 is 14.3 Å². The van der Waals surface area contributed by atoms with Crippen LogP contribution in [0.1, 0.15) is 54.3 Å². The Balaban J connectivity index is 1.60. The molecule has 2 aromatic rings. The lowest BCUT2D eigenvalue weighted by Crippen LogP contribution is -2.36. The summed E-state index contributed by atoms with van der Waals surface area (Å²) in [5.74, 6) is -0.933. The molecular weight excluding hydrogens is 378 g/mol. The van der Waals surface area contributed by atoms with Crippen LogP contribution in [0.2, 0.25) is 0 Å². The Morgan fingerprint density at radius 2 is 2.18 bits per heavy atom. The number of thiophene rings is 1. The van der Waals surface area contributed by atoms with Gasteiger partial charge in [0.2, 0.25) is 0 Å². The van der Waals surface area contributed by atoms with E-state index >= 15 is 0 Å². The summed E-state index contributed by atoms with van der Waals surface area (Å²) in [5, 5.41) is 3.24. The Hall–Kier alpha value is -2.48. The molecule has 1 N–H and O–H groups in total. The maximum atomic E-state index is 12.5. The van der Waals surface area contributed by atoms with Gasteiger partial charge in [-0.2, -0.15) is 0 Å². The van der Waals surface area contributed by atoms with Crippen LogP contribution < -0.4 is 10.9 Å². The van der Waals surface area contributed by atoms with Gasteiger partial charge in [0, 0.05) is 13.6 Å². The van der Waals surface area contributed by atoms with Crippen LogP contribution in [0.25, 0.3) is 10.2 Å². The number of carbonyl (C=O) groups is 2. The van der Waals surface area contributed by atoms with Gasteiger partial charge in [-0.3, -0.25) is 9.59 Å². The van der Waals surface area contributed by atoms with Crippen LogP contribution in [0.4, 0.5) is 0 Å². The van der Waals surface area contributed by atoms with E-state index in [9.17, 15) is 14.4 Å². The van der Waals surface area contributed by atoms with E-state index in [2.05, 4.69) is 16.4 Å². The third kappa shape index (κ3) is 4.32. The zero-order valence-corrected chi connectivity index (χ0v) is 17.2. The second kappa shape index (κ2) is 8.68. The van der Waals surface area contributed by atoms with Crippen molar-refractivity contribution in [3.63, 3.8) is 0 Å². The molecule has 0 bridgehead atoms. The summed E-state index contributed by atoms with van der Waals surface area (Å²) in [7, 11) is 1.61. The maximum absolute atomic E-state index is 12.5. The minimum atomic E-state index is -0.909. The molecule has 0 saturated heterocycles. The van der Waals surface area contributed by atoms with Gasteiger partial charge in [0.1, 0.15) is 9.71 Å². The highest BCUT2D eigenvalue weighted by molar-refractivity contribution is 7.20. The van der Waals surface area contributed by atoms with E-state index < -0.39 is 12.1 Å². The number of hydrogen-bond donors (Lipinski definition) is 1. The minimum absolute atomic E-state index is 0.208. The molecule has 8 heteroatoms. The number of allylic oxidation sites excluding steroid dienone is 1. The van der Waals surface area contributed by atoms with Crippen LogP contribution in [0.5, 0.6) is 0 Å². The summed E-state index contributed by atoms with van der Waals surface area (Å²) >= 11 is 1.11. The fourth-order valence-electron chi connectivity index (χ4n) is 3.29. The van der Waals surface area contributed by atoms with Crippen LogP contribution >= 0.6 is 11.3 Å². The third-order valence-corrected chi connectivity index (χ3v) is 6.16. The lowest BCUT2D eigenvalue weighted by Gasteiger charge is -2.15. The summed E-state index contributed by atoms with van der Waals surface area (Å²) in [6, 6.07) is 0. The summed E-state index contributed by atoms with van der Waals surface area (Å²) in [6.45, 7) is 3.78. The number of ether oxygens (including phenoxy) is 1. The molecule has 1 aliphatic rings. The molecule has 3 rings (SSSR count). The molecule has 0 fully saturated rings. The number of rotatable bonds is 6. The van der Waals surface area contributed by atoms with Gasteiger partial charge in [0.15, 0.2) is 6.10 Å². The summed E-state index contributed by atoms with van der Waals surface area (Å²) in [5.41, 5.74) is 1.71. The smallest absolute Gasteiger partial charge is 0.349 e. The zero-order valence-electron chi connectivity index (χ0n) is 16.4. The predicted molar refractivity (Wildman–Crippen MR) is 109 cm³/mol. The third-order valence-electron chi connectivity index (χ3n) is 4.98. The molecule has 1 aliphatic carbocycles. The standard InChI is InChI=1S/C20H25N3O4S/c1-12-15-18(22-11-23(3)19(15)25)28-16(12)20(26)27-13(2)17(24)21-10-9-14-7-5-4-6-8-14/h7,11,13H,4-6,8-10H2,1-3H3,(H,21,24). The first-order valence-corrected chi connectivity index (χ1v) is 10.3. The number of aryl methyl sites for hydroxylation is 2. The molecule has 1 atom stereocenters. The van der Waals surface area contributed by atoms with Gasteiger partial charge >= 0.3 is 5.97 Å². The molecule has 0 aliphatic heterocycles. The number of nitrogens with zero attached hydrogens (tertiary/aromatic N) is 2. The first-order chi connectivity index (χ1) is 13.4. The van der Waals surface area contributed by atoms with E-state index in [1.165, 1.54) is 29.3 Å². The highest BCUT2D eigenvalue weighted by Gasteiger charge is 2.24. The van der Waals surface area contributed by atoms with Crippen molar-refractivity contribution in [1.29, 1.82) is 0 Å². The Kier molecular flexibility index (Phi) is 6.28. The molecule has 1 amide bonds.